The molecule has 1 aromatic heterocycles. The number of piperidine rings is 1. The minimum atomic E-state index is -3.97. The van der Waals surface area contributed by atoms with Crippen LogP contribution >= 0.6 is 0 Å². The van der Waals surface area contributed by atoms with Gasteiger partial charge < -0.3 is 14.2 Å². The first kappa shape index (κ1) is 33.7. The van der Waals surface area contributed by atoms with Crippen LogP contribution < -0.4 is 9.46 Å². The number of likely N-dealkylation sites (tertiary alicyclic amines) is 2. The molecule has 4 heterocycles. The molecule has 2 saturated carbocycles. The molecule has 3 aromatic rings. The van der Waals surface area contributed by atoms with Gasteiger partial charge in [-0.25, -0.2) is 4.72 Å². The van der Waals surface area contributed by atoms with E-state index in [1.807, 2.05) is 18.2 Å². The Morgan fingerprint density at radius 3 is 2.50 bits per heavy atom. The molecule has 4 atom stereocenters. The van der Waals surface area contributed by atoms with Gasteiger partial charge in [0.1, 0.15) is 5.75 Å². The van der Waals surface area contributed by atoms with E-state index >= 15 is 4.79 Å². The number of hydrogen-bond donors (Lipinski definition) is 1. The number of amides is 2. The Kier molecular flexibility index (Phi) is 8.34. The fourth-order valence-electron chi connectivity index (χ4n) is 9.86. The van der Waals surface area contributed by atoms with Crippen LogP contribution in [0.5, 0.6) is 5.75 Å². The van der Waals surface area contributed by atoms with Gasteiger partial charge in [0.2, 0.25) is 5.91 Å². The third kappa shape index (κ3) is 5.37. The summed E-state index contributed by atoms with van der Waals surface area (Å²) in [6.45, 7) is 7.80. The molecule has 8 rings (SSSR count). The van der Waals surface area contributed by atoms with E-state index in [0.717, 1.165) is 77.5 Å². The number of methoxy groups -OCH3 is 1. The van der Waals surface area contributed by atoms with Gasteiger partial charge in [-0.3, -0.25) is 14.5 Å². The molecule has 4 fully saturated rings. The van der Waals surface area contributed by atoms with Crippen molar-refractivity contribution in [1.29, 1.82) is 0 Å². The molecule has 2 amide bonds. The lowest BCUT2D eigenvalue weighted by Gasteiger charge is -2.39. The standard InChI is InChI=1S/C39H51N5O5S/c1-24(2)42-21-27-12-9-17-43(34(27)22-42)38(46)39-20-32(39)31-19-28(49-5)14-16-29(31)36-35(25-10-7-6-8-11-25)30-15-13-26(18-33(30)44(36)23-39)37(45)40-50(47,48)41(3)4/h13-16,18-19,24-25,27,32,34H,6-12,17,20-23H2,1-5H3,(H,40,45). The highest BCUT2D eigenvalue weighted by Crippen LogP contribution is 2.66. The average molecular weight is 702 g/mol. The number of hydrogen-bond acceptors (Lipinski definition) is 6. The summed E-state index contributed by atoms with van der Waals surface area (Å²) in [5, 5.41) is 1.09. The molecule has 0 spiro atoms. The zero-order chi connectivity index (χ0) is 35.1. The van der Waals surface area contributed by atoms with Gasteiger partial charge in [0, 0.05) is 80.3 Å². The second-order valence-corrected chi connectivity index (χ2v) is 17.9. The van der Waals surface area contributed by atoms with Crippen LogP contribution in [0.25, 0.3) is 22.2 Å². The fourth-order valence-corrected chi connectivity index (χ4v) is 10.4. The highest BCUT2D eigenvalue weighted by molar-refractivity contribution is 7.87. The summed E-state index contributed by atoms with van der Waals surface area (Å²) in [4.78, 5) is 33.5. The highest BCUT2D eigenvalue weighted by Gasteiger charge is 2.65. The Balaban J connectivity index is 1.29. The monoisotopic (exact) mass is 701 g/mol. The van der Waals surface area contributed by atoms with E-state index in [2.05, 4.69) is 45.1 Å². The number of carbonyl (C=O) groups excluding carboxylic acids is 2. The molecule has 11 heteroatoms. The predicted octanol–water partition coefficient (Wildman–Crippen LogP) is 5.72. The van der Waals surface area contributed by atoms with E-state index in [0.29, 0.717) is 24.4 Å². The van der Waals surface area contributed by atoms with E-state index < -0.39 is 21.5 Å². The van der Waals surface area contributed by atoms with E-state index in [1.165, 1.54) is 50.9 Å². The number of benzene rings is 2. The van der Waals surface area contributed by atoms with Crippen LogP contribution in [0.3, 0.4) is 0 Å². The lowest BCUT2D eigenvalue weighted by molar-refractivity contribution is -0.142. The van der Waals surface area contributed by atoms with Gasteiger partial charge >= 0.3 is 10.2 Å². The Hall–Kier alpha value is -3.41. The maximum atomic E-state index is 15.2. The molecule has 2 saturated heterocycles. The van der Waals surface area contributed by atoms with Crippen molar-refractivity contribution in [3.05, 3.63) is 53.1 Å². The van der Waals surface area contributed by atoms with Crippen molar-refractivity contribution in [2.75, 3.05) is 40.8 Å². The highest BCUT2D eigenvalue weighted by atomic mass is 32.2. The molecular weight excluding hydrogens is 651 g/mol. The van der Waals surface area contributed by atoms with Crippen LogP contribution in [0.15, 0.2) is 36.4 Å². The molecule has 268 valence electrons. The molecule has 5 aliphatic rings. The summed E-state index contributed by atoms with van der Waals surface area (Å²) in [6, 6.07) is 12.7. The quantitative estimate of drug-likeness (QED) is 0.338. The molecule has 1 N–H and O–H groups in total. The second kappa shape index (κ2) is 12.4. The fraction of sp³-hybridized carbons (Fsp3) is 0.590. The normalized spacial score (nSPS) is 26.7. The molecule has 50 heavy (non-hydrogen) atoms. The molecule has 2 aromatic carbocycles. The molecule has 10 nitrogen and oxygen atoms in total. The Bertz CT molecular complexity index is 1960. The summed E-state index contributed by atoms with van der Waals surface area (Å²) in [7, 11) is 0.522. The zero-order valence-electron chi connectivity index (χ0n) is 30.1. The first-order valence-corrected chi connectivity index (χ1v) is 20.0. The van der Waals surface area contributed by atoms with Crippen LogP contribution in [0.1, 0.15) is 98.5 Å². The van der Waals surface area contributed by atoms with E-state index in [1.54, 1.807) is 13.2 Å². The lowest BCUT2D eigenvalue weighted by Crippen LogP contribution is -2.52. The van der Waals surface area contributed by atoms with Crippen molar-refractivity contribution >= 4 is 32.9 Å². The zero-order valence-corrected chi connectivity index (χ0v) is 30.9. The SMILES string of the molecule is COc1ccc2c(c1)C1CC1(C(=O)N1CCCC3CN(C(C)C)CC31)Cn1c-2c(C2CCCCC2)c2ccc(C(=O)NS(=O)(=O)N(C)C)cc21. The molecule has 3 aliphatic heterocycles. The number of fused-ring (bicyclic) bond motifs is 8. The van der Waals surface area contributed by atoms with Gasteiger partial charge in [-0.15, -0.1) is 0 Å². The van der Waals surface area contributed by atoms with Gasteiger partial charge in [-0.05, 0) is 99.2 Å². The maximum absolute atomic E-state index is 15.2. The number of ether oxygens (including phenoxy) is 1. The minimum absolute atomic E-state index is 0.0638. The lowest BCUT2D eigenvalue weighted by atomic mass is 9.81. The molecule has 4 unspecified atom stereocenters. The summed E-state index contributed by atoms with van der Waals surface area (Å²) in [5.41, 5.74) is 5.32. The minimum Gasteiger partial charge on any atom is -0.497 e. The van der Waals surface area contributed by atoms with Crippen molar-refractivity contribution < 1.29 is 22.7 Å². The second-order valence-electron chi connectivity index (χ2n) is 16.0. The molecule has 2 aliphatic carbocycles. The summed E-state index contributed by atoms with van der Waals surface area (Å²) in [6.07, 6.45) is 8.73. The van der Waals surface area contributed by atoms with Crippen LogP contribution in [0.4, 0.5) is 0 Å². The third-order valence-electron chi connectivity index (χ3n) is 12.7. The summed E-state index contributed by atoms with van der Waals surface area (Å²) in [5.74, 6) is 1.31. The van der Waals surface area contributed by atoms with Crippen LogP contribution in [0, 0.1) is 11.3 Å². The van der Waals surface area contributed by atoms with Crippen molar-refractivity contribution in [3.63, 3.8) is 0 Å². The predicted molar refractivity (Wildman–Crippen MR) is 195 cm³/mol. The van der Waals surface area contributed by atoms with Crippen LogP contribution in [-0.2, 0) is 21.5 Å². The van der Waals surface area contributed by atoms with Gasteiger partial charge in [-0.2, -0.15) is 12.7 Å². The number of aromatic nitrogens is 1. The summed E-state index contributed by atoms with van der Waals surface area (Å²) >= 11 is 0. The average Bonchev–Trinajstić information content (AvgIpc) is 3.55. The van der Waals surface area contributed by atoms with Gasteiger partial charge in [0.05, 0.1) is 18.2 Å². The molecule has 0 radical (unpaired) electrons. The van der Waals surface area contributed by atoms with Crippen molar-refractivity contribution in [1.82, 2.24) is 23.4 Å². The molecule has 0 bridgehead atoms. The Labute approximate surface area is 296 Å². The largest absolute Gasteiger partial charge is 0.497 e. The summed E-state index contributed by atoms with van der Waals surface area (Å²) < 4.78 is 36.6. The number of nitrogens with zero attached hydrogens (tertiary/aromatic N) is 4. The Morgan fingerprint density at radius 2 is 1.78 bits per heavy atom. The van der Waals surface area contributed by atoms with Crippen LogP contribution in [0.2, 0.25) is 0 Å². The van der Waals surface area contributed by atoms with E-state index in [-0.39, 0.29) is 23.4 Å². The van der Waals surface area contributed by atoms with Crippen molar-refractivity contribution in [3.8, 4) is 17.0 Å². The smallest absolute Gasteiger partial charge is 0.303 e. The van der Waals surface area contributed by atoms with Gasteiger partial charge in [-0.1, -0.05) is 25.3 Å². The van der Waals surface area contributed by atoms with E-state index in [9.17, 15) is 13.2 Å². The van der Waals surface area contributed by atoms with Crippen LogP contribution in [-0.4, -0.2) is 91.8 Å². The maximum Gasteiger partial charge on any atom is 0.303 e. The van der Waals surface area contributed by atoms with Gasteiger partial charge in [0.15, 0.2) is 0 Å². The third-order valence-corrected chi connectivity index (χ3v) is 14.1. The van der Waals surface area contributed by atoms with Crippen molar-refractivity contribution in [2.24, 2.45) is 11.3 Å². The number of carbonyl (C=O) groups is 2. The Morgan fingerprint density at radius 1 is 1.00 bits per heavy atom. The first-order valence-electron chi connectivity index (χ1n) is 18.6. The molecular formula is C39H51N5O5S. The number of rotatable bonds is 7. The van der Waals surface area contributed by atoms with E-state index in [4.69, 9.17) is 4.74 Å². The van der Waals surface area contributed by atoms with Gasteiger partial charge in [0.25, 0.3) is 5.91 Å². The van der Waals surface area contributed by atoms with Crippen molar-refractivity contribution in [2.45, 2.75) is 95.7 Å². The number of nitrogens with one attached hydrogen (secondary N) is 1. The first-order chi connectivity index (χ1) is 23.9. The topological polar surface area (TPSA) is 104 Å².